The molecule has 2 nitrogen and oxygen atoms in total. The normalized spacial score (nSPS) is 13.7. The summed E-state index contributed by atoms with van der Waals surface area (Å²) in [6.07, 6.45) is 9.34. The average molecular weight is 274 g/mol. The minimum absolute atomic E-state index is 0.996. The zero-order valence-corrected chi connectivity index (χ0v) is 12.1. The Morgan fingerprint density at radius 3 is 2.67 bits per heavy atom. The van der Waals surface area contributed by atoms with E-state index in [1.54, 1.807) is 0 Å². The van der Waals surface area contributed by atoms with Gasteiger partial charge < -0.3 is 0 Å². The summed E-state index contributed by atoms with van der Waals surface area (Å²) in [5.74, 6) is 0. The topological polar surface area (TPSA) is 24.4 Å². The second-order valence-corrected chi connectivity index (χ2v) is 5.10. The molecule has 0 aromatic heterocycles. The molecule has 0 bridgehead atoms. The maximum atomic E-state index is 4.38. The highest BCUT2D eigenvalue weighted by Gasteiger charge is 2.06. The summed E-state index contributed by atoms with van der Waals surface area (Å²) in [5, 5.41) is 4.38. The van der Waals surface area contributed by atoms with Crippen molar-refractivity contribution in [2.24, 2.45) is 5.10 Å². The maximum Gasteiger partial charge on any atom is 0.0590 e. The predicted molar refractivity (Wildman–Crippen MR) is 90.6 cm³/mol. The van der Waals surface area contributed by atoms with Gasteiger partial charge in [-0.15, -0.1) is 0 Å². The molecule has 2 heteroatoms. The molecule has 0 spiro atoms. The summed E-state index contributed by atoms with van der Waals surface area (Å²) in [4.78, 5) is 0. The molecule has 0 unspecified atom stereocenters. The quantitative estimate of drug-likeness (QED) is 0.629. The smallest absolute Gasteiger partial charge is 0.0590 e. The van der Waals surface area contributed by atoms with Gasteiger partial charge in [-0.2, -0.15) is 5.10 Å². The van der Waals surface area contributed by atoms with Crippen molar-refractivity contribution in [1.29, 1.82) is 0 Å². The van der Waals surface area contributed by atoms with Crippen LogP contribution in [0.2, 0.25) is 0 Å². The molecule has 1 aliphatic carbocycles. The van der Waals surface area contributed by atoms with Crippen LogP contribution in [0.15, 0.2) is 71.9 Å². The molecule has 0 atom stereocenters. The Morgan fingerprint density at radius 2 is 1.86 bits per heavy atom. The van der Waals surface area contributed by atoms with Crippen molar-refractivity contribution in [1.82, 2.24) is 0 Å². The SMILES string of the molecule is Cc1ccccc1NN=Cc1ccccc1C1=CC=CC1. The lowest BCUT2D eigenvalue weighted by molar-refractivity contribution is 1.31. The van der Waals surface area contributed by atoms with E-state index in [9.17, 15) is 0 Å². The van der Waals surface area contributed by atoms with Crippen molar-refractivity contribution < 1.29 is 0 Å². The Morgan fingerprint density at radius 1 is 1.05 bits per heavy atom. The fraction of sp³-hybridized carbons (Fsp3) is 0.105. The molecule has 0 heterocycles. The highest BCUT2D eigenvalue weighted by molar-refractivity contribution is 5.89. The van der Waals surface area contributed by atoms with Crippen LogP contribution in [0.4, 0.5) is 5.69 Å². The number of anilines is 1. The highest BCUT2D eigenvalue weighted by Crippen LogP contribution is 2.25. The number of para-hydroxylation sites is 1. The van der Waals surface area contributed by atoms with Gasteiger partial charge in [0.15, 0.2) is 0 Å². The molecule has 2 aromatic rings. The van der Waals surface area contributed by atoms with E-state index in [2.05, 4.69) is 59.9 Å². The molecule has 0 aliphatic heterocycles. The van der Waals surface area contributed by atoms with Gasteiger partial charge in [0.25, 0.3) is 0 Å². The first-order valence-corrected chi connectivity index (χ1v) is 7.14. The van der Waals surface area contributed by atoms with E-state index in [0.29, 0.717) is 0 Å². The molecule has 3 rings (SSSR count). The second-order valence-electron chi connectivity index (χ2n) is 5.10. The third kappa shape index (κ3) is 3.11. The molecule has 0 saturated heterocycles. The van der Waals surface area contributed by atoms with Crippen LogP contribution >= 0.6 is 0 Å². The number of allylic oxidation sites excluding steroid dienone is 4. The molecule has 1 N–H and O–H groups in total. The van der Waals surface area contributed by atoms with E-state index in [1.165, 1.54) is 16.7 Å². The summed E-state index contributed by atoms with van der Waals surface area (Å²) >= 11 is 0. The van der Waals surface area contributed by atoms with Crippen LogP contribution in [0.5, 0.6) is 0 Å². The maximum absolute atomic E-state index is 4.38. The Kier molecular flexibility index (Phi) is 3.97. The molecular weight excluding hydrogens is 256 g/mol. The van der Waals surface area contributed by atoms with Crippen molar-refractivity contribution in [3.05, 3.63) is 83.4 Å². The number of hydrogen-bond donors (Lipinski definition) is 1. The van der Waals surface area contributed by atoms with Crippen molar-refractivity contribution in [3.8, 4) is 0 Å². The highest BCUT2D eigenvalue weighted by atomic mass is 15.3. The van der Waals surface area contributed by atoms with Gasteiger partial charge in [0.1, 0.15) is 0 Å². The van der Waals surface area contributed by atoms with Crippen LogP contribution in [0.3, 0.4) is 0 Å². The van der Waals surface area contributed by atoms with Crippen molar-refractivity contribution in [2.75, 3.05) is 5.43 Å². The Labute approximate surface area is 125 Å². The van der Waals surface area contributed by atoms with E-state index in [1.807, 2.05) is 30.5 Å². The van der Waals surface area contributed by atoms with Gasteiger partial charge in [-0.1, -0.05) is 60.7 Å². The summed E-state index contributed by atoms with van der Waals surface area (Å²) in [6.45, 7) is 2.07. The second kappa shape index (κ2) is 6.23. The molecule has 104 valence electrons. The number of hydrogen-bond acceptors (Lipinski definition) is 2. The third-order valence-corrected chi connectivity index (χ3v) is 3.61. The molecule has 21 heavy (non-hydrogen) atoms. The minimum atomic E-state index is 0.996. The summed E-state index contributed by atoms with van der Waals surface area (Å²) in [5.41, 5.74) is 9.06. The zero-order chi connectivity index (χ0) is 14.5. The Bertz CT molecular complexity index is 724. The fourth-order valence-electron chi connectivity index (χ4n) is 2.42. The molecule has 2 aromatic carbocycles. The van der Waals surface area contributed by atoms with Gasteiger partial charge in [0.2, 0.25) is 0 Å². The number of nitrogens with one attached hydrogen (secondary N) is 1. The van der Waals surface area contributed by atoms with Crippen LogP contribution in [0.1, 0.15) is 23.1 Å². The molecule has 0 amide bonds. The summed E-state index contributed by atoms with van der Waals surface area (Å²) < 4.78 is 0. The first kappa shape index (κ1) is 13.4. The molecule has 0 radical (unpaired) electrons. The van der Waals surface area contributed by atoms with E-state index >= 15 is 0 Å². The largest absolute Gasteiger partial charge is 0.278 e. The standard InChI is InChI=1S/C19H18N2/c1-15-8-2-7-13-19(15)21-20-14-17-11-5-6-12-18(17)16-9-3-4-10-16/h2-9,11-14,21H,10H2,1H3. The van der Waals surface area contributed by atoms with Crippen molar-refractivity contribution >= 4 is 17.5 Å². The van der Waals surface area contributed by atoms with Crippen molar-refractivity contribution in [2.45, 2.75) is 13.3 Å². The molecule has 0 saturated carbocycles. The monoisotopic (exact) mass is 274 g/mol. The van der Waals surface area contributed by atoms with Crippen LogP contribution in [-0.2, 0) is 0 Å². The number of benzene rings is 2. The fourth-order valence-corrected chi connectivity index (χ4v) is 2.42. The van der Waals surface area contributed by atoms with Gasteiger partial charge in [-0.25, -0.2) is 0 Å². The van der Waals surface area contributed by atoms with Crippen LogP contribution in [0.25, 0.3) is 5.57 Å². The number of aryl methyl sites for hydroxylation is 1. The van der Waals surface area contributed by atoms with Crippen LogP contribution < -0.4 is 5.43 Å². The van der Waals surface area contributed by atoms with Crippen LogP contribution in [0, 0.1) is 6.92 Å². The minimum Gasteiger partial charge on any atom is -0.278 e. The molecule has 0 fully saturated rings. The average Bonchev–Trinajstić information content (AvgIpc) is 3.04. The lowest BCUT2D eigenvalue weighted by Gasteiger charge is -2.07. The van der Waals surface area contributed by atoms with Gasteiger partial charge in [-0.05, 0) is 36.1 Å². The number of nitrogens with zero attached hydrogens (tertiary/aromatic N) is 1. The van der Waals surface area contributed by atoms with E-state index in [-0.39, 0.29) is 0 Å². The van der Waals surface area contributed by atoms with Gasteiger partial charge >= 0.3 is 0 Å². The molecular formula is C19H18N2. The van der Waals surface area contributed by atoms with Crippen LogP contribution in [-0.4, -0.2) is 6.21 Å². The zero-order valence-electron chi connectivity index (χ0n) is 12.1. The Hall–Kier alpha value is -2.61. The predicted octanol–water partition coefficient (Wildman–Crippen LogP) is 4.78. The van der Waals surface area contributed by atoms with Gasteiger partial charge in [0, 0.05) is 5.56 Å². The van der Waals surface area contributed by atoms with E-state index in [0.717, 1.165) is 17.7 Å². The van der Waals surface area contributed by atoms with Gasteiger partial charge in [-0.3, -0.25) is 5.43 Å². The van der Waals surface area contributed by atoms with Crippen molar-refractivity contribution in [3.63, 3.8) is 0 Å². The first-order valence-electron chi connectivity index (χ1n) is 7.14. The summed E-state index contributed by atoms with van der Waals surface area (Å²) in [7, 11) is 0. The number of hydrazone groups is 1. The number of rotatable bonds is 4. The molecule has 1 aliphatic rings. The Balaban J connectivity index is 1.79. The first-order chi connectivity index (χ1) is 10.3. The van der Waals surface area contributed by atoms with E-state index < -0.39 is 0 Å². The lowest BCUT2D eigenvalue weighted by Crippen LogP contribution is -1.95. The lowest BCUT2D eigenvalue weighted by atomic mass is 10.00. The van der Waals surface area contributed by atoms with E-state index in [4.69, 9.17) is 0 Å². The van der Waals surface area contributed by atoms with Gasteiger partial charge in [0.05, 0.1) is 11.9 Å². The summed E-state index contributed by atoms with van der Waals surface area (Å²) in [6, 6.07) is 16.5. The third-order valence-electron chi connectivity index (χ3n) is 3.61.